The van der Waals surface area contributed by atoms with Gasteiger partial charge in [0.1, 0.15) is 0 Å². The molecule has 1 aromatic carbocycles. The molecule has 0 bridgehead atoms. The lowest BCUT2D eigenvalue weighted by molar-refractivity contribution is 1.06. The van der Waals surface area contributed by atoms with Gasteiger partial charge in [0.2, 0.25) is 0 Å². The van der Waals surface area contributed by atoms with Crippen LogP contribution in [0.4, 0.5) is 0 Å². The summed E-state index contributed by atoms with van der Waals surface area (Å²) in [6, 6.07) is 8.60. The highest BCUT2D eigenvalue weighted by Gasteiger charge is 1.91. The van der Waals surface area contributed by atoms with Gasteiger partial charge in [-0.2, -0.15) is 0 Å². The van der Waals surface area contributed by atoms with Gasteiger partial charge in [0.15, 0.2) is 0 Å². The summed E-state index contributed by atoms with van der Waals surface area (Å²) in [6.45, 7) is 0.579. The number of halogens is 1. The fourth-order valence-corrected chi connectivity index (χ4v) is 1.03. The van der Waals surface area contributed by atoms with Gasteiger partial charge in [-0.25, -0.2) is 0 Å². The third-order valence-corrected chi connectivity index (χ3v) is 1.86. The molecule has 0 amide bonds. The molecule has 0 saturated heterocycles. The van der Waals surface area contributed by atoms with E-state index in [1.54, 1.807) is 0 Å². The van der Waals surface area contributed by atoms with Gasteiger partial charge in [-0.3, -0.25) is 0 Å². The molecule has 0 aliphatic carbocycles. The highest BCUT2D eigenvalue weighted by Crippen LogP contribution is 2.13. The van der Waals surface area contributed by atoms with Crippen LogP contribution < -0.4 is 5.73 Å². The van der Waals surface area contributed by atoms with E-state index in [9.17, 15) is 0 Å². The van der Waals surface area contributed by atoms with Crippen LogP contribution in [0.15, 0.2) is 22.7 Å². The Morgan fingerprint density at radius 2 is 2.44 bits per heavy atom. The molecule has 0 unspecified atom stereocenters. The summed E-state index contributed by atoms with van der Waals surface area (Å²) in [4.78, 5) is 0. The Morgan fingerprint density at radius 3 is 2.89 bits per heavy atom. The second-order valence-corrected chi connectivity index (χ2v) is 2.58. The van der Waals surface area contributed by atoms with Gasteiger partial charge in [-0.15, -0.1) is 0 Å². The first-order valence-electron chi connectivity index (χ1n) is 2.69. The van der Waals surface area contributed by atoms with E-state index in [0.29, 0.717) is 6.54 Å². The summed E-state index contributed by atoms with van der Waals surface area (Å²) in [6.07, 6.45) is 0. The Hall–Kier alpha value is -0.340. The van der Waals surface area contributed by atoms with Crippen LogP contribution in [-0.2, 0) is 6.54 Å². The maximum absolute atomic E-state index is 5.41. The molecule has 0 fully saturated rings. The zero-order valence-corrected chi connectivity index (χ0v) is 6.48. The third-order valence-electron chi connectivity index (χ3n) is 1.12. The quantitative estimate of drug-likeness (QED) is 0.707. The van der Waals surface area contributed by atoms with E-state index in [2.05, 4.69) is 22.0 Å². The number of hydrogen-bond acceptors (Lipinski definition) is 1. The van der Waals surface area contributed by atoms with Crippen LogP contribution in [0.2, 0.25) is 0 Å². The van der Waals surface area contributed by atoms with Crippen molar-refractivity contribution in [2.24, 2.45) is 5.73 Å². The molecule has 0 aliphatic heterocycles. The average molecular weight is 185 g/mol. The Bertz CT molecular complexity index is 198. The van der Waals surface area contributed by atoms with E-state index < -0.39 is 0 Å². The Kier molecular flexibility index (Phi) is 2.25. The molecule has 1 nitrogen and oxygen atoms in total. The van der Waals surface area contributed by atoms with Crippen molar-refractivity contribution in [3.05, 3.63) is 34.3 Å². The maximum atomic E-state index is 5.41. The lowest BCUT2D eigenvalue weighted by atomic mass is 10.2. The van der Waals surface area contributed by atoms with Crippen molar-refractivity contribution >= 4 is 15.9 Å². The Labute approximate surface area is 63.0 Å². The summed E-state index contributed by atoms with van der Waals surface area (Å²) < 4.78 is 1.03. The van der Waals surface area contributed by atoms with Crippen molar-refractivity contribution in [2.75, 3.05) is 0 Å². The van der Waals surface area contributed by atoms with Crippen LogP contribution in [0, 0.1) is 6.07 Å². The van der Waals surface area contributed by atoms with Gasteiger partial charge in [0.05, 0.1) is 0 Å². The molecular formula is C7H7BrN. The number of rotatable bonds is 1. The van der Waals surface area contributed by atoms with E-state index in [4.69, 9.17) is 5.73 Å². The SMILES string of the molecule is NCc1cc[c]cc1Br. The molecule has 47 valence electrons. The van der Waals surface area contributed by atoms with Gasteiger partial charge < -0.3 is 5.73 Å². The second kappa shape index (κ2) is 2.99. The van der Waals surface area contributed by atoms with Crippen molar-refractivity contribution in [3.8, 4) is 0 Å². The largest absolute Gasteiger partial charge is 0.326 e. The molecule has 9 heavy (non-hydrogen) atoms. The van der Waals surface area contributed by atoms with Crippen molar-refractivity contribution in [2.45, 2.75) is 6.54 Å². The molecule has 0 aromatic heterocycles. The molecule has 0 saturated carbocycles. The van der Waals surface area contributed by atoms with E-state index in [1.165, 1.54) is 0 Å². The van der Waals surface area contributed by atoms with Crippen molar-refractivity contribution < 1.29 is 0 Å². The predicted molar refractivity (Wildman–Crippen MR) is 40.9 cm³/mol. The van der Waals surface area contributed by atoms with Gasteiger partial charge in [-0.1, -0.05) is 28.1 Å². The van der Waals surface area contributed by atoms with E-state index in [1.807, 2.05) is 18.2 Å². The molecule has 0 aliphatic rings. The summed E-state index contributed by atoms with van der Waals surface area (Å²) in [7, 11) is 0. The normalized spacial score (nSPS) is 9.56. The fraction of sp³-hybridized carbons (Fsp3) is 0.143. The van der Waals surface area contributed by atoms with Gasteiger partial charge >= 0.3 is 0 Å². The lowest BCUT2D eigenvalue weighted by Gasteiger charge is -1.96. The van der Waals surface area contributed by atoms with Gasteiger partial charge in [0.25, 0.3) is 0 Å². The van der Waals surface area contributed by atoms with Crippen LogP contribution in [0.3, 0.4) is 0 Å². The van der Waals surface area contributed by atoms with Gasteiger partial charge in [0, 0.05) is 11.0 Å². The standard InChI is InChI=1S/C7H7BrN/c8-7-4-2-1-3-6(7)5-9/h1,3-4H,5,9H2. The molecule has 1 rings (SSSR count). The lowest BCUT2D eigenvalue weighted by Crippen LogP contribution is -1.96. The van der Waals surface area contributed by atoms with Crippen LogP contribution in [-0.4, -0.2) is 0 Å². The minimum absolute atomic E-state index is 0.579. The average Bonchev–Trinajstić information content (AvgIpc) is 1.89. The maximum Gasteiger partial charge on any atom is 0.0226 e. The number of benzene rings is 1. The second-order valence-electron chi connectivity index (χ2n) is 1.72. The zero-order chi connectivity index (χ0) is 6.69. The summed E-state index contributed by atoms with van der Waals surface area (Å²) in [5, 5.41) is 0. The van der Waals surface area contributed by atoms with Crippen molar-refractivity contribution in [1.29, 1.82) is 0 Å². The summed E-state index contributed by atoms with van der Waals surface area (Å²) in [5.41, 5.74) is 6.53. The van der Waals surface area contributed by atoms with Gasteiger partial charge in [-0.05, 0) is 17.7 Å². The van der Waals surface area contributed by atoms with Crippen LogP contribution in [0.25, 0.3) is 0 Å². The molecule has 2 heteroatoms. The number of hydrogen-bond donors (Lipinski definition) is 1. The molecule has 0 spiro atoms. The first-order chi connectivity index (χ1) is 4.34. The molecular weight excluding hydrogens is 178 g/mol. The monoisotopic (exact) mass is 184 g/mol. The highest BCUT2D eigenvalue weighted by molar-refractivity contribution is 9.10. The predicted octanol–water partition coefficient (Wildman–Crippen LogP) is 1.71. The summed E-state index contributed by atoms with van der Waals surface area (Å²) in [5.74, 6) is 0. The molecule has 0 atom stereocenters. The van der Waals surface area contributed by atoms with E-state index in [-0.39, 0.29) is 0 Å². The molecule has 2 N–H and O–H groups in total. The first kappa shape index (κ1) is 6.78. The minimum Gasteiger partial charge on any atom is -0.326 e. The van der Waals surface area contributed by atoms with Crippen LogP contribution >= 0.6 is 15.9 Å². The Morgan fingerprint density at radius 1 is 1.67 bits per heavy atom. The smallest absolute Gasteiger partial charge is 0.0226 e. The highest BCUT2D eigenvalue weighted by atomic mass is 79.9. The van der Waals surface area contributed by atoms with E-state index >= 15 is 0 Å². The fourth-order valence-electron chi connectivity index (χ4n) is 0.608. The first-order valence-corrected chi connectivity index (χ1v) is 3.48. The van der Waals surface area contributed by atoms with E-state index in [0.717, 1.165) is 10.0 Å². The zero-order valence-electron chi connectivity index (χ0n) is 4.89. The topological polar surface area (TPSA) is 26.0 Å². The Balaban J connectivity index is 3.01. The number of nitrogens with two attached hydrogens (primary N) is 1. The summed E-state index contributed by atoms with van der Waals surface area (Å²) >= 11 is 3.35. The molecule has 0 heterocycles. The van der Waals surface area contributed by atoms with Crippen LogP contribution in [0.5, 0.6) is 0 Å². The minimum atomic E-state index is 0.579. The molecule has 1 aromatic rings. The van der Waals surface area contributed by atoms with Crippen molar-refractivity contribution in [1.82, 2.24) is 0 Å². The third kappa shape index (κ3) is 1.53. The van der Waals surface area contributed by atoms with Crippen molar-refractivity contribution in [3.63, 3.8) is 0 Å². The van der Waals surface area contributed by atoms with Crippen LogP contribution in [0.1, 0.15) is 5.56 Å². The molecule has 1 radical (unpaired) electrons.